The van der Waals surface area contributed by atoms with Crippen LogP contribution in [0.25, 0.3) is 0 Å². The zero-order valence-corrected chi connectivity index (χ0v) is 11.1. The van der Waals surface area contributed by atoms with Crippen LogP contribution in [-0.2, 0) is 4.79 Å². The van der Waals surface area contributed by atoms with E-state index in [0.717, 1.165) is 19.4 Å². The number of rotatable bonds is 6. The minimum atomic E-state index is 0.0524. The molecular weight excluding hydrogens is 200 g/mol. The van der Waals surface area contributed by atoms with Gasteiger partial charge in [-0.1, -0.05) is 33.6 Å². The van der Waals surface area contributed by atoms with Gasteiger partial charge in [0.2, 0.25) is 5.91 Å². The van der Waals surface area contributed by atoms with E-state index in [9.17, 15) is 4.79 Å². The molecule has 94 valence electrons. The largest absolute Gasteiger partial charge is 0.326 e. The molecule has 0 aromatic heterocycles. The second-order valence-electron chi connectivity index (χ2n) is 5.26. The van der Waals surface area contributed by atoms with Crippen molar-refractivity contribution in [2.24, 2.45) is 5.92 Å². The lowest BCUT2D eigenvalue weighted by Gasteiger charge is -2.20. The smallest absolute Gasteiger partial charge is 0.241 e. The molecule has 0 spiro atoms. The fraction of sp³-hybridized carbons (Fsp3) is 0.923. The molecule has 1 rings (SSSR count). The summed E-state index contributed by atoms with van der Waals surface area (Å²) in [5.74, 6) is 0.876. The molecule has 2 atom stereocenters. The Morgan fingerprint density at radius 1 is 1.38 bits per heavy atom. The first-order valence-electron chi connectivity index (χ1n) is 6.62. The first-order chi connectivity index (χ1) is 7.56. The van der Waals surface area contributed by atoms with E-state index in [-0.39, 0.29) is 12.2 Å². The van der Waals surface area contributed by atoms with Gasteiger partial charge in [-0.25, -0.2) is 0 Å². The van der Waals surface area contributed by atoms with Crippen molar-refractivity contribution in [1.82, 2.24) is 10.2 Å². The molecule has 3 nitrogen and oxygen atoms in total. The summed E-state index contributed by atoms with van der Waals surface area (Å²) in [4.78, 5) is 14.1. The van der Waals surface area contributed by atoms with Crippen molar-refractivity contribution in [3.8, 4) is 0 Å². The molecule has 3 heteroatoms. The Bertz CT molecular complexity index is 228. The lowest BCUT2D eigenvalue weighted by Crippen LogP contribution is -2.35. The van der Waals surface area contributed by atoms with E-state index in [1.807, 2.05) is 4.90 Å². The Morgan fingerprint density at radius 2 is 2.06 bits per heavy atom. The summed E-state index contributed by atoms with van der Waals surface area (Å²) >= 11 is 0. The number of carbonyl (C=O) groups excluding carboxylic acids is 1. The Labute approximate surface area is 99.6 Å². The highest BCUT2D eigenvalue weighted by molar-refractivity contribution is 5.84. The van der Waals surface area contributed by atoms with Gasteiger partial charge in [0.1, 0.15) is 0 Å². The highest BCUT2D eigenvalue weighted by atomic mass is 16.2. The van der Waals surface area contributed by atoms with Crippen LogP contribution >= 0.6 is 0 Å². The summed E-state index contributed by atoms with van der Waals surface area (Å²) in [7, 11) is 0. The summed E-state index contributed by atoms with van der Waals surface area (Å²) in [5, 5.41) is 3.39. The van der Waals surface area contributed by atoms with Crippen LogP contribution < -0.4 is 5.32 Å². The van der Waals surface area contributed by atoms with Gasteiger partial charge in [0.25, 0.3) is 0 Å². The number of carbonyl (C=O) groups is 1. The lowest BCUT2D eigenvalue weighted by atomic mass is 10.0. The molecule has 1 aliphatic heterocycles. The number of nitrogens with zero attached hydrogens (tertiary/aromatic N) is 1. The molecule has 1 saturated heterocycles. The van der Waals surface area contributed by atoms with Crippen molar-refractivity contribution < 1.29 is 4.79 Å². The Balaban J connectivity index is 2.43. The number of nitrogens with one attached hydrogen (secondary N) is 1. The van der Waals surface area contributed by atoms with Crippen LogP contribution in [0, 0.1) is 5.92 Å². The number of hydrogen-bond acceptors (Lipinski definition) is 2. The third-order valence-corrected chi connectivity index (χ3v) is 3.20. The highest BCUT2D eigenvalue weighted by Crippen LogP contribution is 2.17. The molecule has 1 fully saturated rings. The molecule has 2 unspecified atom stereocenters. The Hall–Kier alpha value is -0.570. The monoisotopic (exact) mass is 226 g/mol. The minimum absolute atomic E-state index is 0.0524. The Morgan fingerprint density at radius 3 is 2.62 bits per heavy atom. The molecule has 16 heavy (non-hydrogen) atoms. The highest BCUT2D eigenvalue weighted by Gasteiger charge is 2.35. The van der Waals surface area contributed by atoms with Crippen LogP contribution in [0.15, 0.2) is 0 Å². The summed E-state index contributed by atoms with van der Waals surface area (Å²) in [6, 6.07) is 0.0524. The fourth-order valence-corrected chi connectivity index (χ4v) is 2.32. The maximum atomic E-state index is 12.1. The van der Waals surface area contributed by atoms with Crippen molar-refractivity contribution in [2.75, 3.05) is 6.54 Å². The fourth-order valence-electron chi connectivity index (χ4n) is 2.32. The molecule has 0 radical (unpaired) electrons. The molecule has 0 aromatic carbocycles. The van der Waals surface area contributed by atoms with E-state index >= 15 is 0 Å². The standard InChI is InChI=1S/C13H26N2O/c1-5-6-7-8-15-11(4)14-12(13(15)16)9-10(2)3/h10-12,14H,5-9H2,1-4H3. The molecule has 1 aliphatic rings. The second-order valence-corrected chi connectivity index (χ2v) is 5.26. The van der Waals surface area contributed by atoms with Gasteiger partial charge >= 0.3 is 0 Å². The second kappa shape index (κ2) is 6.24. The van der Waals surface area contributed by atoms with Gasteiger partial charge in [0.15, 0.2) is 0 Å². The van der Waals surface area contributed by atoms with E-state index in [0.29, 0.717) is 11.8 Å². The quantitative estimate of drug-likeness (QED) is 0.705. The van der Waals surface area contributed by atoms with Crippen LogP contribution in [0.2, 0.25) is 0 Å². The third kappa shape index (κ3) is 3.48. The van der Waals surface area contributed by atoms with Crippen molar-refractivity contribution in [3.63, 3.8) is 0 Å². The first-order valence-corrected chi connectivity index (χ1v) is 6.62. The number of hydrogen-bond donors (Lipinski definition) is 1. The molecule has 0 aromatic rings. The van der Waals surface area contributed by atoms with Crippen LogP contribution in [0.1, 0.15) is 53.4 Å². The zero-order valence-electron chi connectivity index (χ0n) is 11.1. The molecule has 1 amide bonds. The van der Waals surface area contributed by atoms with Gasteiger partial charge < -0.3 is 4.90 Å². The number of amides is 1. The van der Waals surface area contributed by atoms with E-state index in [2.05, 4.69) is 33.0 Å². The summed E-state index contributed by atoms with van der Waals surface area (Å²) in [6.45, 7) is 9.52. The average Bonchev–Trinajstić information content (AvgIpc) is 2.45. The van der Waals surface area contributed by atoms with Gasteiger partial charge in [-0.3, -0.25) is 10.1 Å². The lowest BCUT2D eigenvalue weighted by molar-refractivity contribution is -0.130. The SMILES string of the molecule is CCCCCN1C(=O)C(CC(C)C)NC1C. The topological polar surface area (TPSA) is 32.3 Å². The molecule has 0 bridgehead atoms. The predicted octanol–water partition coefficient (Wildman–Crippen LogP) is 2.37. The van der Waals surface area contributed by atoms with Crippen LogP contribution in [0.3, 0.4) is 0 Å². The van der Waals surface area contributed by atoms with E-state index in [1.165, 1.54) is 12.8 Å². The number of unbranched alkanes of at least 4 members (excludes halogenated alkanes) is 2. The molecule has 0 aliphatic carbocycles. The maximum absolute atomic E-state index is 12.1. The van der Waals surface area contributed by atoms with Crippen LogP contribution in [0.4, 0.5) is 0 Å². The van der Waals surface area contributed by atoms with Gasteiger partial charge in [-0.2, -0.15) is 0 Å². The molecular formula is C13H26N2O. The summed E-state index contributed by atoms with van der Waals surface area (Å²) in [6.07, 6.45) is 4.72. The summed E-state index contributed by atoms with van der Waals surface area (Å²) < 4.78 is 0. The van der Waals surface area contributed by atoms with E-state index in [4.69, 9.17) is 0 Å². The normalized spacial score (nSPS) is 25.8. The third-order valence-electron chi connectivity index (χ3n) is 3.20. The molecule has 0 saturated carbocycles. The zero-order chi connectivity index (χ0) is 12.1. The van der Waals surface area contributed by atoms with Crippen molar-refractivity contribution in [2.45, 2.75) is 65.6 Å². The molecule has 1 heterocycles. The first kappa shape index (κ1) is 13.5. The van der Waals surface area contributed by atoms with Gasteiger partial charge in [-0.15, -0.1) is 0 Å². The van der Waals surface area contributed by atoms with Crippen molar-refractivity contribution >= 4 is 5.91 Å². The Kier molecular flexibility index (Phi) is 5.26. The van der Waals surface area contributed by atoms with E-state index in [1.54, 1.807) is 0 Å². The van der Waals surface area contributed by atoms with Gasteiger partial charge in [0, 0.05) is 6.54 Å². The van der Waals surface area contributed by atoms with Gasteiger partial charge in [0.05, 0.1) is 12.2 Å². The molecule has 1 N–H and O–H groups in total. The summed E-state index contributed by atoms with van der Waals surface area (Å²) in [5.41, 5.74) is 0. The van der Waals surface area contributed by atoms with Crippen molar-refractivity contribution in [3.05, 3.63) is 0 Å². The minimum Gasteiger partial charge on any atom is -0.326 e. The average molecular weight is 226 g/mol. The van der Waals surface area contributed by atoms with Gasteiger partial charge in [-0.05, 0) is 25.7 Å². The maximum Gasteiger partial charge on any atom is 0.241 e. The van der Waals surface area contributed by atoms with Crippen molar-refractivity contribution in [1.29, 1.82) is 0 Å². The van der Waals surface area contributed by atoms with E-state index < -0.39 is 0 Å². The van der Waals surface area contributed by atoms with Crippen LogP contribution in [0.5, 0.6) is 0 Å². The predicted molar refractivity (Wildman–Crippen MR) is 67.1 cm³/mol. The van der Waals surface area contributed by atoms with Crippen LogP contribution in [-0.4, -0.2) is 29.6 Å².